The average Bonchev–Trinajstić information content (AvgIpc) is 2.98. The number of likely N-dealkylation sites (N-methyl/N-ethyl adjacent to an activating group) is 2. The number of thioether (sulfide) groups is 1. The standard InChI is InChI=1S/C18H29N3OS/c1-15-5-7-17(8-6-15)23-12-11-20(4)18(22)14-21-10-9-16(13-21)19(2)3/h5-8,16H,9-14H2,1-4H3/t16-/m0/s1. The molecule has 4 nitrogen and oxygen atoms in total. The summed E-state index contributed by atoms with van der Waals surface area (Å²) in [4.78, 5) is 20.0. The quantitative estimate of drug-likeness (QED) is 0.714. The highest BCUT2D eigenvalue weighted by molar-refractivity contribution is 7.99. The van der Waals surface area contributed by atoms with Crippen LogP contribution in [-0.2, 0) is 4.79 Å². The third-order valence-electron chi connectivity index (χ3n) is 4.48. The van der Waals surface area contributed by atoms with Gasteiger partial charge in [-0.2, -0.15) is 0 Å². The minimum atomic E-state index is 0.230. The van der Waals surface area contributed by atoms with Crippen LogP contribution in [-0.4, -0.2) is 79.7 Å². The van der Waals surface area contributed by atoms with Gasteiger partial charge in [-0.3, -0.25) is 9.69 Å². The predicted molar refractivity (Wildman–Crippen MR) is 98.1 cm³/mol. The molecule has 0 unspecified atom stereocenters. The summed E-state index contributed by atoms with van der Waals surface area (Å²) in [6.45, 7) is 5.48. The number of rotatable bonds is 7. The van der Waals surface area contributed by atoms with Crippen LogP contribution in [0.15, 0.2) is 29.2 Å². The number of benzene rings is 1. The number of hydrogen-bond acceptors (Lipinski definition) is 4. The van der Waals surface area contributed by atoms with Gasteiger partial charge in [0.25, 0.3) is 0 Å². The third-order valence-corrected chi connectivity index (χ3v) is 5.47. The molecule has 1 aliphatic heterocycles. The summed E-state index contributed by atoms with van der Waals surface area (Å²) in [5, 5.41) is 0. The normalized spacial score (nSPS) is 18.6. The van der Waals surface area contributed by atoms with E-state index in [0.29, 0.717) is 12.6 Å². The summed E-state index contributed by atoms with van der Waals surface area (Å²) < 4.78 is 0. The number of likely N-dealkylation sites (tertiary alicyclic amines) is 1. The van der Waals surface area contributed by atoms with Crippen molar-refractivity contribution in [3.8, 4) is 0 Å². The lowest BCUT2D eigenvalue weighted by atomic mass is 10.2. The molecule has 2 rings (SSSR count). The largest absolute Gasteiger partial charge is 0.344 e. The Morgan fingerprint density at radius 2 is 1.96 bits per heavy atom. The lowest BCUT2D eigenvalue weighted by molar-refractivity contribution is -0.130. The fourth-order valence-electron chi connectivity index (χ4n) is 2.75. The van der Waals surface area contributed by atoms with Gasteiger partial charge in [0.05, 0.1) is 6.54 Å². The van der Waals surface area contributed by atoms with Crippen LogP contribution >= 0.6 is 11.8 Å². The molecule has 0 radical (unpaired) electrons. The number of aryl methyl sites for hydroxylation is 1. The molecule has 1 aromatic carbocycles. The van der Waals surface area contributed by atoms with Gasteiger partial charge in [-0.25, -0.2) is 0 Å². The number of amides is 1. The summed E-state index contributed by atoms with van der Waals surface area (Å²) in [5.41, 5.74) is 1.28. The topological polar surface area (TPSA) is 26.8 Å². The van der Waals surface area contributed by atoms with Gasteiger partial charge < -0.3 is 9.80 Å². The van der Waals surface area contributed by atoms with Gasteiger partial charge >= 0.3 is 0 Å². The first-order chi connectivity index (χ1) is 11.0. The SMILES string of the molecule is Cc1ccc(SCCN(C)C(=O)CN2CC[C@H](N(C)C)C2)cc1. The summed E-state index contributed by atoms with van der Waals surface area (Å²) >= 11 is 1.81. The molecule has 0 saturated carbocycles. The molecule has 1 amide bonds. The molecule has 5 heteroatoms. The highest BCUT2D eigenvalue weighted by Gasteiger charge is 2.25. The Bertz CT molecular complexity index is 503. The summed E-state index contributed by atoms with van der Waals surface area (Å²) in [6.07, 6.45) is 1.16. The lowest BCUT2D eigenvalue weighted by Crippen LogP contribution is -2.39. The highest BCUT2D eigenvalue weighted by Crippen LogP contribution is 2.18. The van der Waals surface area contributed by atoms with Crippen LogP contribution in [0.5, 0.6) is 0 Å². The van der Waals surface area contributed by atoms with E-state index in [1.54, 1.807) is 0 Å². The van der Waals surface area contributed by atoms with Crippen LogP contribution in [0.25, 0.3) is 0 Å². The monoisotopic (exact) mass is 335 g/mol. The number of carbonyl (C=O) groups excluding carboxylic acids is 1. The Hall–Kier alpha value is -1.04. The zero-order valence-electron chi connectivity index (χ0n) is 14.8. The molecule has 1 fully saturated rings. The second kappa shape index (κ2) is 8.71. The molecule has 128 valence electrons. The average molecular weight is 336 g/mol. The van der Waals surface area contributed by atoms with E-state index in [-0.39, 0.29) is 5.91 Å². The zero-order valence-corrected chi connectivity index (χ0v) is 15.6. The Morgan fingerprint density at radius 3 is 2.57 bits per heavy atom. The minimum Gasteiger partial charge on any atom is -0.344 e. The van der Waals surface area contributed by atoms with E-state index in [0.717, 1.165) is 31.8 Å². The van der Waals surface area contributed by atoms with Crippen LogP contribution in [0.4, 0.5) is 0 Å². The molecule has 0 N–H and O–H groups in total. The molecule has 0 aliphatic carbocycles. The Labute approximate surface area is 144 Å². The van der Waals surface area contributed by atoms with E-state index in [9.17, 15) is 4.79 Å². The zero-order chi connectivity index (χ0) is 16.8. The summed E-state index contributed by atoms with van der Waals surface area (Å²) in [6, 6.07) is 9.14. The molecule has 0 bridgehead atoms. The maximum Gasteiger partial charge on any atom is 0.236 e. The van der Waals surface area contributed by atoms with Gasteiger partial charge in [0.2, 0.25) is 5.91 Å². The van der Waals surface area contributed by atoms with Crippen molar-refractivity contribution in [1.82, 2.24) is 14.7 Å². The first kappa shape index (κ1) is 18.3. The fraction of sp³-hybridized carbons (Fsp3) is 0.611. The molecule has 1 atom stereocenters. The van der Waals surface area contributed by atoms with Crippen molar-refractivity contribution in [3.63, 3.8) is 0 Å². The second-order valence-electron chi connectivity index (χ2n) is 6.62. The van der Waals surface area contributed by atoms with Gasteiger partial charge in [-0.15, -0.1) is 11.8 Å². The van der Waals surface area contributed by atoms with Crippen LogP contribution < -0.4 is 0 Å². The minimum absolute atomic E-state index is 0.230. The predicted octanol–water partition coefficient (Wildman–Crippen LogP) is 2.18. The Morgan fingerprint density at radius 1 is 1.26 bits per heavy atom. The van der Waals surface area contributed by atoms with E-state index >= 15 is 0 Å². The highest BCUT2D eigenvalue weighted by atomic mass is 32.2. The Kier molecular flexibility index (Phi) is 6.93. The van der Waals surface area contributed by atoms with Gasteiger partial charge in [0.1, 0.15) is 0 Å². The van der Waals surface area contributed by atoms with Crippen molar-refractivity contribution in [2.75, 3.05) is 53.1 Å². The molecule has 1 aromatic rings. The van der Waals surface area contributed by atoms with E-state index in [1.165, 1.54) is 10.5 Å². The molecular weight excluding hydrogens is 306 g/mol. The van der Waals surface area contributed by atoms with Crippen LogP contribution in [0, 0.1) is 6.92 Å². The van der Waals surface area contributed by atoms with Gasteiger partial charge in [0, 0.05) is 43.4 Å². The summed E-state index contributed by atoms with van der Waals surface area (Å²) in [7, 11) is 6.15. The van der Waals surface area contributed by atoms with Crippen LogP contribution in [0.1, 0.15) is 12.0 Å². The third kappa shape index (κ3) is 5.83. The maximum absolute atomic E-state index is 12.3. The first-order valence-electron chi connectivity index (χ1n) is 8.28. The number of nitrogens with zero attached hydrogens (tertiary/aromatic N) is 3. The van der Waals surface area contributed by atoms with E-state index in [1.807, 2.05) is 23.7 Å². The molecular formula is C18H29N3OS. The van der Waals surface area contributed by atoms with Gasteiger partial charge in [-0.1, -0.05) is 17.7 Å². The van der Waals surface area contributed by atoms with Crippen molar-refractivity contribution in [3.05, 3.63) is 29.8 Å². The first-order valence-corrected chi connectivity index (χ1v) is 9.26. The van der Waals surface area contributed by atoms with Crippen molar-refractivity contribution in [2.24, 2.45) is 0 Å². The second-order valence-corrected chi connectivity index (χ2v) is 7.79. The van der Waals surface area contributed by atoms with E-state index in [4.69, 9.17) is 0 Å². The van der Waals surface area contributed by atoms with Gasteiger partial charge in [0.15, 0.2) is 0 Å². The molecule has 0 aromatic heterocycles. The fourth-order valence-corrected chi connectivity index (χ4v) is 3.68. The molecule has 0 spiro atoms. The van der Waals surface area contributed by atoms with Crippen LogP contribution in [0.3, 0.4) is 0 Å². The van der Waals surface area contributed by atoms with Crippen molar-refractivity contribution in [2.45, 2.75) is 24.3 Å². The lowest BCUT2D eigenvalue weighted by Gasteiger charge is -2.23. The molecule has 1 saturated heterocycles. The van der Waals surface area contributed by atoms with Gasteiger partial charge in [-0.05, 0) is 39.6 Å². The summed E-state index contributed by atoms with van der Waals surface area (Å²) in [5.74, 6) is 1.17. The molecule has 1 aliphatic rings. The van der Waals surface area contributed by atoms with Crippen LogP contribution in [0.2, 0.25) is 0 Å². The van der Waals surface area contributed by atoms with Crippen molar-refractivity contribution >= 4 is 17.7 Å². The number of hydrogen-bond donors (Lipinski definition) is 0. The molecule has 23 heavy (non-hydrogen) atoms. The van der Waals surface area contributed by atoms with Crippen molar-refractivity contribution in [1.29, 1.82) is 0 Å². The van der Waals surface area contributed by atoms with E-state index in [2.05, 4.69) is 55.1 Å². The van der Waals surface area contributed by atoms with Crippen molar-refractivity contribution < 1.29 is 4.79 Å². The maximum atomic E-state index is 12.3. The Balaban J connectivity index is 1.68. The van der Waals surface area contributed by atoms with E-state index < -0.39 is 0 Å². The smallest absolute Gasteiger partial charge is 0.236 e. The molecule has 1 heterocycles. The number of carbonyl (C=O) groups is 1.